The highest BCUT2D eigenvalue weighted by Gasteiger charge is 2.22. The zero-order valence-corrected chi connectivity index (χ0v) is 25.2. The summed E-state index contributed by atoms with van der Waals surface area (Å²) >= 11 is 12.5. The van der Waals surface area contributed by atoms with Crippen LogP contribution in [-0.4, -0.2) is 33.3 Å². The average molecular weight is 692 g/mol. The summed E-state index contributed by atoms with van der Waals surface area (Å²) in [5.41, 5.74) is 0.631. The van der Waals surface area contributed by atoms with Crippen LogP contribution in [0.25, 0.3) is 10.9 Å². The van der Waals surface area contributed by atoms with Crippen molar-refractivity contribution < 1.29 is 14.5 Å². The summed E-state index contributed by atoms with van der Waals surface area (Å²) in [7, 11) is 0. The second-order valence-corrected chi connectivity index (χ2v) is 11.0. The lowest BCUT2D eigenvalue weighted by atomic mass is 10.1. The molecule has 0 spiro atoms. The minimum atomic E-state index is -0.625. The number of ether oxygens (including phenoxy) is 1. The van der Waals surface area contributed by atoms with Gasteiger partial charge in [-0.25, -0.2) is 4.98 Å². The first-order valence-electron chi connectivity index (χ1n) is 12.0. The van der Waals surface area contributed by atoms with Crippen LogP contribution in [0.4, 0.5) is 11.4 Å². The maximum Gasteiger partial charge on any atom is 0.312 e. The molecule has 0 unspecified atom stereocenters. The van der Waals surface area contributed by atoms with Crippen molar-refractivity contribution in [2.45, 2.75) is 26.2 Å². The summed E-state index contributed by atoms with van der Waals surface area (Å²) in [6, 6.07) is 14.5. The fourth-order valence-electron chi connectivity index (χ4n) is 3.72. The predicted molar refractivity (Wildman–Crippen MR) is 162 cm³/mol. The van der Waals surface area contributed by atoms with E-state index in [0.29, 0.717) is 33.0 Å². The zero-order valence-electron chi connectivity index (χ0n) is 21.2. The van der Waals surface area contributed by atoms with Gasteiger partial charge in [-0.3, -0.25) is 19.7 Å². The Labute approximate surface area is 250 Å². The van der Waals surface area contributed by atoms with Crippen LogP contribution in [0.5, 0.6) is 5.75 Å². The van der Waals surface area contributed by atoms with Crippen LogP contribution in [-0.2, 0) is 4.79 Å². The number of benzene rings is 3. The number of carbonyl (C=O) groups is 1. The number of amides is 1. The first-order valence-corrected chi connectivity index (χ1v) is 14.0. The third-order valence-electron chi connectivity index (χ3n) is 5.93. The summed E-state index contributed by atoms with van der Waals surface area (Å²) in [4.78, 5) is 41.6. The predicted octanol–water partition coefficient (Wildman–Crippen LogP) is 6.90. The van der Waals surface area contributed by atoms with Crippen LogP contribution < -0.4 is 15.6 Å². The van der Waals surface area contributed by atoms with Gasteiger partial charge in [0.15, 0.2) is 6.61 Å². The van der Waals surface area contributed by atoms with Crippen LogP contribution in [0.15, 0.2) is 73.4 Å². The Bertz CT molecular complexity index is 1690. The van der Waals surface area contributed by atoms with Gasteiger partial charge in [0.05, 0.1) is 26.5 Å². The van der Waals surface area contributed by atoms with Crippen molar-refractivity contribution in [1.82, 2.24) is 9.66 Å². The van der Waals surface area contributed by atoms with Crippen LogP contribution in [0.3, 0.4) is 0 Å². The summed E-state index contributed by atoms with van der Waals surface area (Å²) in [6.45, 7) is 3.45. The molecular formula is C27H22Br2ClN5O5. The molecule has 3 aromatic carbocycles. The molecule has 13 heteroatoms. The molecule has 0 aliphatic carbocycles. The Kier molecular flexibility index (Phi) is 9.33. The third kappa shape index (κ3) is 6.75. The first kappa shape index (κ1) is 29.4. The van der Waals surface area contributed by atoms with Crippen LogP contribution >= 0.6 is 43.5 Å². The lowest BCUT2D eigenvalue weighted by molar-refractivity contribution is -0.385. The fraction of sp³-hybridized carbons (Fsp3) is 0.185. The molecule has 1 heterocycles. The molecule has 206 valence electrons. The number of hydrogen-bond acceptors (Lipinski definition) is 7. The van der Waals surface area contributed by atoms with Crippen molar-refractivity contribution in [1.29, 1.82) is 0 Å². The molecule has 4 rings (SSSR count). The van der Waals surface area contributed by atoms with E-state index in [9.17, 15) is 19.7 Å². The van der Waals surface area contributed by atoms with Crippen LogP contribution in [0.1, 0.15) is 37.6 Å². The standard InChI is InChI=1S/C27H22Br2ClN5O5/c1-3-15(2)26-33-22-9-4-17(28)12-20(22)27(37)34(26)31-13-16-10-21(29)25(23(11-16)35(38)39)40-14-24(36)32-19-7-5-18(30)6-8-19/h4-13,15H,3,14H2,1-2H3,(H,32,36)/t15-/m1/s1. The van der Waals surface area contributed by atoms with E-state index >= 15 is 0 Å². The number of rotatable bonds is 9. The number of fused-ring (bicyclic) bond motifs is 1. The summed E-state index contributed by atoms with van der Waals surface area (Å²) in [6.07, 6.45) is 2.06. The van der Waals surface area contributed by atoms with Crippen molar-refractivity contribution in [3.05, 3.63) is 100 Å². The monoisotopic (exact) mass is 689 g/mol. The maximum absolute atomic E-state index is 13.3. The maximum atomic E-state index is 13.3. The fourth-order valence-corrected chi connectivity index (χ4v) is 4.79. The van der Waals surface area contributed by atoms with Gasteiger partial charge >= 0.3 is 5.69 Å². The number of anilines is 1. The molecule has 0 radical (unpaired) electrons. The van der Waals surface area contributed by atoms with Crippen LogP contribution in [0.2, 0.25) is 5.02 Å². The molecule has 1 amide bonds. The highest BCUT2D eigenvalue weighted by molar-refractivity contribution is 9.10. The van der Waals surface area contributed by atoms with Crippen molar-refractivity contribution in [3.8, 4) is 5.75 Å². The van der Waals surface area contributed by atoms with Gasteiger partial charge in [-0.1, -0.05) is 41.4 Å². The van der Waals surface area contributed by atoms with Crippen molar-refractivity contribution in [2.75, 3.05) is 11.9 Å². The molecule has 0 bridgehead atoms. The number of aromatic nitrogens is 2. The smallest absolute Gasteiger partial charge is 0.312 e. The SMILES string of the molecule is CC[C@@H](C)c1nc2ccc(Br)cc2c(=O)n1N=Cc1cc(Br)c(OCC(=O)Nc2ccc(Cl)cc2)c([N+](=O)[O-])c1. The molecule has 0 fully saturated rings. The quantitative estimate of drug-likeness (QED) is 0.116. The molecular weight excluding hydrogens is 670 g/mol. The minimum Gasteiger partial charge on any atom is -0.476 e. The Balaban J connectivity index is 1.64. The Morgan fingerprint density at radius 3 is 2.62 bits per heavy atom. The van der Waals surface area contributed by atoms with E-state index in [1.54, 1.807) is 42.5 Å². The average Bonchev–Trinajstić information content (AvgIpc) is 2.92. The lowest BCUT2D eigenvalue weighted by Crippen LogP contribution is -2.23. The number of halogens is 3. The number of carbonyl (C=O) groups excluding carboxylic acids is 1. The number of hydrogen-bond donors (Lipinski definition) is 1. The van der Waals surface area contributed by atoms with E-state index in [1.807, 2.05) is 19.9 Å². The Morgan fingerprint density at radius 1 is 1.23 bits per heavy atom. The lowest BCUT2D eigenvalue weighted by Gasteiger charge is -2.14. The van der Waals surface area contributed by atoms with Gasteiger partial charge < -0.3 is 10.1 Å². The van der Waals surface area contributed by atoms with E-state index in [1.165, 1.54) is 17.0 Å². The molecule has 1 atom stereocenters. The Hall–Kier alpha value is -3.61. The highest BCUT2D eigenvalue weighted by atomic mass is 79.9. The molecule has 1 aromatic heterocycles. The van der Waals surface area contributed by atoms with Crippen molar-refractivity contribution in [3.63, 3.8) is 0 Å². The molecule has 10 nitrogen and oxygen atoms in total. The van der Waals surface area contributed by atoms with Gasteiger partial charge in [-0.05, 0) is 70.9 Å². The zero-order chi connectivity index (χ0) is 29.0. The normalized spacial score (nSPS) is 12.0. The molecule has 4 aromatic rings. The molecule has 0 aliphatic heterocycles. The highest BCUT2D eigenvalue weighted by Crippen LogP contribution is 2.36. The molecule has 40 heavy (non-hydrogen) atoms. The molecule has 0 aliphatic rings. The second-order valence-electron chi connectivity index (χ2n) is 8.75. The topological polar surface area (TPSA) is 129 Å². The van der Waals surface area contributed by atoms with Gasteiger partial charge in [-0.2, -0.15) is 9.78 Å². The van der Waals surface area contributed by atoms with E-state index in [-0.39, 0.29) is 27.4 Å². The van der Waals surface area contributed by atoms with Gasteiger partial charge in [0.25, 0.3) is 11.5 Å². The number of nitro benzene ring substituents is 1. The van der Waals surface area contributed by atoms with E-state index < -0.39 is 17.4 Å². The van der Waals surface area contributed by atoms with E-state index in [2.05, 4.69) is 47.3 Å². The van der Waals surface area contributed by atoms with Crippen molar-refractivity contribution >= 4 is 77.9 Å². The second kappa shape index (κ2) is 12.7. The van der Waals surface area contributed by atoms with E-state index in [0.717, 1.165) is 10.9 Å². The van der Waals surface area contributed by atoms with E-state index in [4.69, 9.17) is 16.3 Å². The number of nitrogens with one attached hydrogen (secondary N) is 1. The molecule has 0 saturated heterocycles. The van der Waals surface area contributed by atoms with Gasteiger partial charge in [0, 0.05) is 32.7 Å². The van der Waals surface area contributed by atoms with Crippen LogP contribution in [0, 0.1) is 10.1 Å². The minimum absolute atomic E-state index is 0.0752. The largest absolute Gasteiger partial charge is 0.476 e. The van der Waals surface area contributed by atoms with Gasteiger partial charge in [-0.15, -0.1) is 0 Å². The van der Waals surface area contributed by atoms with Gasteiger partial charge in [0.1, 0.15) is 5.82 Å². The van der Waals surface area contributed by atoms with Crippen molar-refractivity contribution in [2.24, 2.45) is 5.10 Å². The summed E-state index contributed by atoms with van der Waals surface area (Å²) < 4.78 is 7.68. The first-order chi connectivity index (χ1) is 19.1. The van der Waals surface area contributed by atoms with Gasteiger partial charge in [0.2, 0.25) is 5.75 Å². The molecule has 1 N–H and O–H groups in total. The summed E-state index contributed by atoms with van der Waals surface area (Å²) in [5, 5.41) is 19.8. The number of nitrogens with zero attached hydrogens (tertiary/aromatic N) is 4. The molecule has 0 saturated carbocycles. The third-order valence-corrected chi connectivity index (χ3v) is 7.26. The Morgan fingerprint density at radius 2 is 1.95 bits per heavy atom. The summed E-state index contributed by atoms with van der Waals surface area (Å²) in [5.74, 6) is -0.239. The number of nitro groups is 1.